The van der Waals surface area contributed by atoms with Crippen LogP contribution in [0.4, 0.5) is 16.2 Å². The lowest BCUT2D eigenvalue weighted by Gasteiger charge is -2.35. The minimum atomic E-state index is -0.847. The lowest BCUT2D eigenvalue weighted by atomic mass is 10.2. The molecule has 2 aliphatic rings. The third kappa shape index (κ3) is 6.48. The molecule has 1 aliphatic heterocycles. The summed E-state index contributed by atoms with van der Waals surface area (Å²) in [5, 5.41) is 3.36. The molecule has 222 valence electrons. The first-order valence-corrected chi connectivity index (χ1v) is 13.9. The molecule has 0 spiro atoms. The minimum Gasteiger partial charge on any atom is -0.481 e. The number of aromatic nitrogens is 2. The van der Waals surface area contributed by atoms with Gasteiger partial charge in [-0.05, 0) is 51.2 Å². The molecule has 3 heterocycles. The average molecular weight is 578 g/mol. The summed E-state index contributed by atoms with van der Waals surface area (Å²) in [6.07, 6.45) is 3.26. The second kappa shape index (κ2) is 11.7. The second-order valence-corrected chi connectivity index (χ2v) is 11.4. The number of carbonyl (C=O) groups excluding carboxylic acids is 3. The lowest BCUT2D eigenvalue weighted by Crippen LogP contribution is -2.53. The van der Waals surface area contributed by atoms with E-state index in [1.165, 1.54) is 21.3 Å². The predicted molar refractivity (Wildman–Crippen MR) is 155 cm³/mol. The molecule has 1 aromatic carbocycles. The summed E-state index contributed by atoms with van der Waals surface area (Å²) >= 11 is 0. The van der Waals surface area contributed by atoms with E-state index in [1.54, 1.807) is 33.0 Å². The van der Waals surface area contributed by atoms with Crippen molar-refractivity contribution < 1.29 is 28.6 Å². The zero-order valence-corrected chi connectivity index (χ0v) is 24.2. The Labute approximate surface area is 243 Å². The van der Waals surface area contributed by atoms with E-state index in [4.69, 9.17) is 14.2 Å². The van der Waals surface area contributed by atoms with Crippen LogP contribution in [0, 0.1) is 5.92 Å². The summed E-state index contributed by atoms with van der Waals surface area (Å²) in [4.78, 5) is 60.1. The Morgan fingerprint density at radius 2 is 1.83 bits per heavy atom. The fraction of sp³-hybridized carbons (Fsp3) is 0.433. The van der Waals surface area contributed by atoms with Gasteiger partial charge in [-0.2, -0.15) is 0 Å². The maximum Gasteiger partial charge on any atom is 0.410 e. The van der Waals surface area contributed by atoms with Gasteiger partial charge < -0.3 is 24.4 Å². The molecule has 0 bridgehead atoms. The largest absolute Gasteiger partial charge is 0.481 e. The monoisotopic (exact) mass is 577 g/mol. The number of hydrogen-bond acceptors (Lipinski definition) is 9. The number of esters is 1. The van der Waals surface area contributed by atoms with Gasteiger partial charge in [0.15, 0.2) is 11.3 Å². The molecule has 2 amide bonds. The molecule has 2 aromatic heterocycles. The highest BCUT2D eigenvalue weighted by atomic mass is 16.6. The maximum atomic E-state index is 13.9. The Balaban J connectivity index is 1.55. The topological polar surface area (TPSA) is 132 Å². The number of methoxy groups -OCH3 is 1. The van der Waals surface area contributed by atoms with Gasteiger partial charge in [-0.1, -0.05) is 30.3 Å². The van der Waals surface area contributed by atoms with Crippen LogP contribution in [0.15, 0.2) is 47.4 Å². The van der Waals surface area contributed by atoms with Crippen molar-refractivity contribution in [3.05, 3.63) is 64.2 Å². The van der Waals surface area contributed by atoms with Gasteiger partial charge in [0.1, 0.15) is 18.8 Å². The Kier molecular flexibility index (Phi) is 8.06. The number of pyridine rings is 1. The number of hydrogen-bond donors (Lipinski definition) is 1. The summed E-state index contributed by atoms with van der Waals surface area (Å²) in [6.45, 7) is 6.15. The second-order valence-electron chi connectivity index (χ2n) is 11.4. The van der Waals surface area contributed by atoms with Gasteiger partial charge in [-0.3, -0.25) is 18.9 Å². The SMILES string of the molecule is COC(=O)c1nc2c(N3CCN(C(=O)OC(C)(C)C)CC3=O)cc(NCC3CC3)cn2c(=O)c1OCc1ccccc1. The third-order valence-electron chi connectivity index (χ3n) is 6.92. The highest BCUT2D eigenvalue weighted by Gasteiger charge is 2.33. The van der Waals surface area contributed by atoms with E-state index in [9.17, 15) is 19.2 Å². The van der Waals surface area contributed by atoms with Crippen molar-refractivity contribution in [2.45, 2.75) is 45.8 Å². The zero-order valence-electron chi connectivity index (χ0n) is 24.2. The van der Waals surface area contributed by atoms with Crippen molar-refractivity contribution in [1.29, 1.82) is 0 Å². The van der Waals surface area contributed by atoms with Crippen LogP contribution in [0.1, 0.15) is 49.7 Å². The van der Waals surface area contributed by atoms with Crippen molar-refractivity contribution in [2.24, 2.45) is 5.92 Å². The summed E-state index contributed by atoms with van der Waals surface area (Å²) in [7, 11) is 1.19. The number of benzene rings is 1. The molecule has 2 fully saturated rings. The Bertz CT molecular complexity index is 1560. The molecule has 0 atom stereocenters. The zero-order chi connectivity index (χ0) is 30.0. The first-order chi connectivity index (χ1) is 20.0. The summed E-state index contributed by atoms with van der Waals surface area (Å²) in [5.41, 5.74) is 0.197. The fourth-order valence-corrected chi connectivity index (χ4v) is 4.59. The molecule has 1 aliphatic carbocycles. The van der Waals surface area contributed by atoms with E-state index >= 15 is 0 Å². The molecular weight excluding hydrogens is 542 g/mol. The number of anilines is 2. The van der Waals surface area contributed by atoms with Gasteiger partial charge >= 0.3 is 17.6 Å². The number of rotatable bonds is 8. The minimum absolute atomic E-state index is 0.0331. The predicted octanol–water partition coefficient (Wildman–Crippen LogP) is 3.47. The quantitative estimate of drug-likeness (QED) is 0.400. The van der Waals surface area contributed by atoms with E-state index in [0.717, 1.165) is 18.4 Å². The van der Waals surface area contributed by atoms with Gasteiger partial charge in [0.2, 0.25) is 11.7 Å². The number of fused-ring (bicyclic) bond motifs is 1. The highest BCUT2D eigenvalue weighted by Crippen LogP contribution is 2.31. The van der Waals surface area contributed by atoms with E-state index in [2.05, 4.69) is 10.3 Å². The average Bonchev–Trinajstić information content (AvgIpc) is 3.79. The van der Waals surface area contributed by atoms with E-state index in [0.29, 0.717) is 23.8 Å². The van der Waals surface area contributed by atoms with Crippen LogP contribution >= 0.6 is 0 Å². The normalized spacial score (nSPS) is 15.5. The Hall–Kier alpha value is -4.61. The molecule has 5 rings (SSSR count). The molecule has 42 heavy (non-hydrogen) atoms. The molecule has 0 radical (unpaired) electrons. The first kappa shape index (κ1) is 28.9. The van der Waals surface area contributed by atoms with Crippen molar-refractivity contribution in [3.63, 3.8) is 0 Å². The molecule has 0 unspecified atom stereocenters. The van der Waals surface area contributed by atoms with Crippen LogP contribution in [0.2, 0.25) is 0 Å². The van der Waals surface area contributed by atoms with Gasteiger partial charge in [0.25, 0.3) is 0 Å². The fourth-order valence-electron chi connectivity index (χ4n) is 4.59. The van der Waals surface area contributed by atoms with Crippen molar-refractivity contribution >= 4 is 35.0 Å². The van der Waals surface area contributed by atoms with E-state index in [1.807, 2.05) is 30.3 Å². The number of piperazine rings is 1. The van der Waals surface area contributed by atoms with Crippen LogP contribution in [-0.2, 0) is 20.9 Å². The third-order valence-corrected chi connectivity index (χ3v) is 6.92. The Morgan fingerprint density at radius 1 is 1.10 bits per heavy atom. The number of carbonyl (C=O) groups is 3. The number of nitrogens with zero attached hydrogens (tertiary/aromatic N) is 4. The molecule has 12 nitrogen and oxygen atoms in total. The van der Waals surface area contributed by atoms with Gasteiger partial charge in [0, 0.05) is 25.8 Å². The molecule has 3 aromatic rings. The molecule has 1 saturated carbocycles. The Morgan fingerprint density at radius 3 is 2.48 bits per heavy atom. The maximum absolute atomic E-state index is 13.9. The molecule has 1 saturated heterocycles. The number of ether oxygens (including phenoxy) is 3. The van der Waals surface area contributed by atoms with Gasteiger partial charge in [0.05, 0.1) is 18.5 Å². The van der Waals surface area contributed by atoms with Gasteiger partial charge in [-0.25, -0.2) is 14.6 Å². The highest BCUT2D eigenvalue weighted by molar-refractivity contribution is 6.01. The molecule has 1 N–H and O–H groups in total. The van der Waals surface area contributed by atoms with Crippen LogP contribution in [0.3, 0.4) is 0 Å². The molecule has 12 heteroatoms. The van der Waals surface area contributed by atoms with Crippen LogP contribution in [0.25, 0.3) is 5.65 Å². The summed E-state index contributed by atoms with van der Waals surface area (Å²) < 4.78 is 17.5. The molecular formula is C30H35N5O7. The van der Waals surface area contributed by atoms with Crippen LogP contribution in [-0.4, -0.2) is 71.1 Å². The van der Waals surface area contributed by atoms with E-state index in [-0.39, 0.29) is 49.2 Å². The smallest absolute Gasteiger partial charge is 0.410 e. The van der Waals surface area contributed by atoms with Crippen molar-refractivity contribution in [3.8, 4) is 5.75 Å². The number of amides is 2. The van der Waals surface area contributed by atoms with Crippen molar-refractivity contribution in [1.82, 2.24) is 14.3 Å². The van der Waals surface area contributed by atoms with Crippen LogP contribution < -0.4 is 20.5 Å². The lowest BCUT2D eigenvalue weighted by molar-refractivity contribution is -0.121. The summed E-state index contributed by atoms with van der Waals surface area (Å²) in [5.74, 6) is -0.939. The van der Waals surface area contributed by atoms with Crippen LogP contribution in [0.5, 0.6) is 5.75 Å². The van der Waals surface area contributed by atoms with Gasteiger partial charge in [-0.15, -0.1) is 0 Å². The summed E-state index contributed by atoms with van der Waals surface area (Å²) in [6, 6.07) is 11.0. The standard InChI is InChI=1S/C30H35N5O7/c1-30(2,3)42-29(39)33-12-13-34(23(36)17-33)22-14-21(31-15-19-10-11-19)16-35-26(22)32-24(28(38)40-4)25(27(35)37)41-18-20-8-6-5-7-9-20/h5-9,14,16,19,31H,10-13,15,17-18H2,1-4H3. The first-order valence-electron chi connectivity index (χ1n) is 13.9. The van der Waals surface area contributed by atoms with Crippen molar-refractivity contribution in [2.75, 3.05) is 43.5 Å². The van der Waals surface area contributed by atoms with E-state index < -0.39 is 23.2 Å². The number of nitrogens with one attached hydrogen (secondary N) is 1.